The number of non-ortho nitro benzene ring substituents is 1. The molecule has 2 N–H and O–H groups in total. The van der Waals surface area contributed by atoms with Crippen molar-refractivity contribution in [1.82, 2.24) is 0 Å². The second kappa shape index (κ2) is 7.27. The predicted molar refractivity (Wildman–Crippen MR) is 75.5 cm³/mol. The van der Waals surface area contributed by atoms with Gasteiger partial charge in [-0.1, -0.05) is 11.6 Å². The van der Waals surface area contributed by atoms with Gasteiger partial charge in [-0.25, -0.2) is 9.59 Å². The van der Waals surface area contributed by atoms with Crippen LogP contribution >= 0.6 is 11.6 Å². The van der Waals surface area contributed by atoms with Gasteiger partial charge in [0.15, 0.2) is 5.75 Å². The van der Waals surface area contributed by atoms with Crippen LogP contribution in [0.25, 0.3) is 0 Å². The van der Waals surface area contributed by atoms with E-state index in [0.29, 0.717) is 0 Å². The summed E-state index contributed by atoms with van der Waals surface area (Å²) < 4.78 is 8.82. The molecule has 0 heterocycles. The highest BCUT2D eigenvalue weighted by Gasteiger charge is 2.19. The van der Waals surface area contributed by atoms with Gasteiger partial charge in [-0.3, -0.25) is 10.1 Å². The van der Waals surface area contributed by atoms with Gasteiger partial charge in [0.2, 0.25) is 0 Å². The number of phenols is 1. The Morgan fingerprint density at radius 3 is 2.50 bits per heavy atom. The Hall–Kier alpha value is -2.81. The molecule has 118 valence electrons. The van der Waals surface area contributed by atoms with Crippen molar-refractivity contribution in [1.29, 1.82) is 0 Å². The molecule has 0 aliphatic heterocycles. The van der Waals surface area contributed by atoms with Crippen molar-refractivity contribution >= 4 is 34.9 Å². The molecule has 1 rings (SSSR count). The number of nitro groups is 1. The summed E-state index contributed by atoms with van der Waals surface area (Å²) in [4.78, 5) is 32.8. The molecule has 1 aromatic rings. The largest absolute Gasteiger partial charge is 0.504 e. The Morgan fingerprint density at radius 2 is 2.00 bits per heavy atom. The summed E-state index contributed by atoms with van der Waals surface area (Å²) in [5, 5.41) is 22.6. The van der Waals surface area contributed by atoms with E-state index in [0.717, 1.165) is 32.4 Å². The Balaban J connectivity index is 3.29. The first-order valence-electron chi connectivity index (χ1n) is 5.62. The quantitative estimate of drug-likeness (QED) is 0.274. The van der Waals surface area contributed by atoms with Gasteiger partial charge in [0.25, 0.3) is 5.69 Å². The smallest absolute Gasteiger partial charge is 0.354 e. The van der Waals surface area contributed by atoms with Crippen LogP contribution in [0.2, 0.25) is 5.02 Å². The zero-order valence-corrected chi connectivity index (χ0v) is 12.2. The number of nitro benzene ring substituents is 1. The first kappa shape index (κ1) is 17.2. The van der Waals surface area contributed by atoms with Gasteiger partial charge < -0.3 is 19.9 Å². The van der Waals surface area contributed by atoms with Crippen LogP contribution in [0.5, 0.6) is 5.75 Å². The second-order valence-corrected chi connectivity index (χ2v) is 4.19. The third-order valence-corrected chi connectivity index (χ3v) is 2.69. The molecule has 0 aromatic heterocycles. The van der Waals surface area contributed by atoms with E-state index >= 15 is 0 Å². The lowest BCUT2D eigenvalue weighted by Gasteiger charge is -2.11. The van der Waals surface area contributed by atoms with E-state index in [2.05, 4.69) is 14.8 Å². The van der Waals surface area contributed by atoms with Crippen molar-refractivity contribution < 1.29 is 29.1 Å². The molecule has 0 amide bonds. The highest BCUT2D eigenvalue weighted by molar-refractivity contribution is 6.32. The van der Waals surface area contributed by atoms with E-state index in [-0.39, 0.29) is 10.7 Å². The number of nitrogens with one attached hydrogen (secondary N) is 1. The summed E-state index contributed by atoms with van der Waals surface area (Å²) in [6, 6.07) is 1.87. The molecule has 0 aliphatic carbocycles. The van der Waals surface area contributed by atoms with E-state index in [4.69, 9.17) is 11.6 Å². The summed E-state index contributed by atoms with van der Waals surface area (Å²) >= 11 is 5.67. The fourth-order valence-corrected chi connectivity index (χ4v) is 1.58. The van der Waals surface area contributed by atoms with Crippen molar-refractivity contribution in [2.24, 2.45) is 0 Å². The number of nitrogens with zero attached hydrogens (tertiary/aromatic N) is 1. The van der Waals surface area contributed by atoms with Crippen molar-refractivity contribution in [2.75, 3.05) is 19.5 Å². The first-order chi connectivity index (χ1) is 10.3. The second-order valence-electron chi connectivity index (χ2n) is 3.78. The molecule has 0 saturated heterocycles. The standard InChI is InChI=1S/C12H11ClN2O7/c1-21-10(16)5-9(12(18)22-2)14-8-4-6(15(19)20)3-7(13)11(8)17/h3-5,14,17H,1-2H3/b9-5+. The number of carbonyl (C=O) groups excluding carboxylic acids is 2. The number of benzene rings is 1. The number of ether oxygens (including phenoxy) is 2. The molecular weight excluding hydrogens is 320 g/mol. The van der Waals surface area contributed by atoms with E-state index < -0.39 is 34.0 Å². The molecule has 10 heteroatoms. The summed E-state index contributed by atoms with van der Waals surface area (Å²) in [6.07, 6.45) is 0.762. The molecule has 22 heavy (non-hydrogen) atoms. The molecule has 0 spiro atoms. The lowest BCUT2D eigenvalue weighted by Crippen LogP contribution is -2.15. The average Bonchev–Trinajstić information content (AvgIpc) is 2.49. The maximum absolute atomic E-state index is 11.6. The zero-order valence-electron chi connectivity index (χ0n) is 11.5. The molecule has 1 aromatic carbocycles. The van der Waals surface area contributed by atoms with Gasteiger partial charge in [0, 0.05) is 12.1 Å². The number of rotatable bonds is 5. The molecule has 0 saturated carbocycles. The molecule has 9 nitrogen and oxygen atoms in total. The monoisotopic (exact) mass is 330 g/mol. The highest BCUT2D eigenvalue weighted by atomic mass is 35.5. The van der Waals surface area contributed by atoms with Gasteiger partial charge in [-0.05, 0) is 0 Å². The van der Waals surface area contributed by atoms with Gasteiger partial charge in [0.1, 0.15) is 5.70 Å². The number of carbonyl (C=O) groups is 2. The van der Waals surface area contributed by atoms with Crippen molar-refractivity contribution in [3.63, 3.8) is 0 Å². The number of hydrogen-bond donors (Lipinski definition) is 2. The van der Waals surface area contributed by atoms with Gasteiger partial charge >= 0.3 is 11.9 Å². The van der Waals surface area contributed by atoms with E-state index in [1.807, 2.05) is 0 Å². The highest BCUT2D eigenvalue weighted by Crippen LogP contribution is 2.36. The maximum Gasteiger partial charge on any atom is 0.354 e. The molecular formula is C12H11ClN2O7. The Kier molecular flexibility index (Phi) is 5.70. The fourth-order valence-electron chi connectivity index (χ4n) is 1.36. The molecule has 0 fully saturated rings. The number of aromatic hydroxyl groups is 1. The number of esters is 2. The van der Waals surface area contributed by atoms with Crippen molar-refractivity contribution in [3.8, 4) is 5.75 Å². The van der Waals surface area contributed by atoms with E-state index in [1.165, 1.54) is 0 Å². The summed E-state index contributed by atoms with van der Waals surface area (Å²) in [5.41, 5.74) is -1.08. The van der Waals surface area contributed by atoms with Crippen LogP contribution in [0, 0.1) is 10.1 Å². The van der Waals surface area contributed by atoms with Gasteiger partial charge in [-0.2, -0.15) is 0 Å². The minimum atomic E-state index is -0.951. The minimum Gasteiger partial charge on any atom is -0.504 e. The average molecular weight is 331 g/mol. The molecule has 0 aliphatic rings. The van der Waals surface area contributed by atoms with Crippen LogP contribution in [0.15, 0.2) is 23.9 Å². The third-order valence-electron chi connectivity index (χ3n) is 2.40. The molecule has 0 atom stereocenters. The van der Waals surface area contributed by atoms with Gasteiger partial charge in [-0.15, -0.1) is 0 Å². The Morgan fingerprint density at radius 1 is 1.36 bits per heavy atom. The van der Waals surface area contributed by atoms with E-state index in [1.54, 1.807) is 0 Å². The predicted octanol–water partition coefficient (Wildman–Crippen LogP) is 1.60. The Bertz CT molecular complexity index is 657. The summed E-state index contributed by atoms with van der Waals surface area (Å²) in [6.45, 7) is 0. The van der Waals surface area contributed by atoms with Crippen LogP contribution in [0.1, 0.15) is 0 Å². The fraction of sp³-hybridized carbons (Fsp3) is 0.167. The number of phenolic OH excluding ortho intramolecular Hbond substituents is 1. The number of halogens is 1. The minimum absolute atomic E-state index is 0.250. The number of methoxy groups -OCH3 is 2. The summed E-state index contributed by atoms with van der Waals surface area (Å²) in [7, 11) is 2.16. The topological polar surface area (TPSA) is 128 Å². The lowest BCUT2D eigenvalue weighted by molar-refractivity contribution is -0.384. The molecule has 0 unspecified atom stereocenters. The van der Waals surface area contributed by atoms with Crippen LogP contribution in [0.4, 0.5) is 11.4 Å². The van der Waals surface area contributed by atoms with Crippen LogP contribution in [-0.4, -0.2) is 36.2 Å². The van der Waals surface area contributed by atoms with E-state index in [9.17, 15) is 24.8 Å². The van der Waals surface area contributed by atoms with Crippen LogP contribution in [-0.2, 0) is 19.1 Å². The maximum atomic E-state index is 11.6. The normalized spacial score (nSPS) is 10.8. The molecule has 0 bridgehead atoms. The number of anilines is 1. The SMILES string of the molecule is COC(=O)/C=C(/Nc1cc([N+](=O)[O-])cc(Cl)c1O)C(=O)OC. The first-order valence-corrected chi connectivity index (χ1v) is 5.99. The van der Waals surface area contributed by atoms with Crippen molar-refractivity contribution in [3.05, 3.63) is 39.0 Å². The van der Waals surface area contributed by atoms with Crippen LogP contribution < -0.4 is 5.32 Å². The molecule has 0 radical (unpaired) electrons. The number of hydrogen-bond acceptors (Lipinski definition) is 8. The van der Waals surface area contributed by atoms with Crippen LogP contribution in [0.3, 0.4) is 0 Å². The van der Waals surface area contributed by atoms with Gasteiger partial charge in [0.05, 0.1) is 35.9 Å². The Labute approximate surface area is 129 Å². The lowest BCUT2D eigenvalue weighted by atomic mass is 10.2. The van der Waals surface area contributed by atoms with Crippen molar-refractivity contribution in [2.45, 2.75) is 0 Å². The summed E-state index contributed by atoms with van der Waals surface area (Å²) in [5.74, 6) is -2.36. The third kappa shape index (κ3) is 4.09. The zero-order chi connectivity index (χ0) is 16.9.